The molecule has 0 aromatic heterocycles. The standard InChI is InChI=1S/C12H14BrF2NO/c1-17-12-10(14)7(6-9(13)11(12)15)5-8-3-2-4-16-8/h6,8,16H,2-5H2,1H3. The van der Waals surface area contributed by atoms with Crippen LogP contribution >= 0.6 is 15.9 Å². The zero-order valence-electron chi connectivity index (χ0n) is 9.53. The van der Waals surface area contributed by atoms with Gasteiger partial charge in [0.05, 0.1) is 11.6 Å². The largest absolute Gasteiger partial charge is 0.491 e. The van der Waals surface area contributed by atoms with Crippen LogP contribution in [0.4, 0.5) is 8.78 Å². The van der Waals surface area contributed by atoms with Gasteiger partial charge in [0.15, 0.2) is 17.4 Å². The van der Waals surface area contributed by atoms with Crippen molar-refractivity contribution in [3.05, 3.63) is 27.7 Å². The third-order valence-electron chi connectivity index (χ3n) is 3.02. The molecule has 0 amide bonds. The van der Waals surface area contributed by atoms with E-state index in [1.807, 2.05) is 0 Å². The van der Waals surface area contributed by atoms with Gasteiger partial charge >= 0.3 is 0 Å². The number of nitrogens with one attached hydrogen (secondary N) is 1. The topological polar surface area (TPSA) is 21.3 Å². The van der Waals surface area contributed by atoms with Gasteiger partial charge in [0.1, 0.15) is 0 Å². The van der Waals surface area contributed by atoms with E-state index in [4.69, 9.17) is 4.74 Å². The van der Waals surface area contributed by atoms with E-state index in [9.17, 15) is 8.78 Å². The van der Waals surface area contributed by atoms with Crippen LogP contribution in [0.3, 0.4) is 0 Å². The minimum absolute atomic E-state index is 0.240. The summed E-state index contributed by atoms with van der Waals surface area (Å²) in [7, 11) is 1.27. The van der Waals surface area contributed by atoms with Crippen LogP contribution in [0.25, 0.3) is 0 Å². The molecule has 1 aromatic carbocycles. The van der Waals surface area contributed by atoms with Crippen LogP contribution in [0.15, 0.2) is 10.5 Å². The molecule has 1 aliphatic heterocycles. The number of ether oxygens (including phenoxy) is 1. The molecule has 1 aromatic rings. The summed E-state index contributed by atoms with van der Waals surface area (Å²) in [6, 6.07) is 1.76. The Hall–Kier alpha value is -0.680. The van der Waals surface area contributed by atoms with Crippen molar-refractivity contribution < 1.29 is 13.5 Å². The molecule has 5 heteroatoms. The number of hydrogen-bond donors (Lipinski definition) is 1. The van der Waals surface area contributed by atoms with Gasteiger partial charge in [-0.2, -0.15) is 0 Å². The fourth-order valence-corrected chi connectivity index (χ4v) is 2.61. The van der Waals surface area contributed by atoms with Crippen molar-refractivity contribution >= 4 is 15.9 Å². The van der Waals surface area contributed by atoms with Crippen LogP contribution in [0.2, 0.25) is 0 Å². The molecule has 0 bridgehead atoms. The van der Waals surface area contributed by atoms with Crippen molar-refractivity contribution in [3.8, 4) is 5.75 Å². The number of halogens is 3. The molecule has 0 aliphatic carbocycles. The van der Waals surface area contributed by atoms with Gasteiger partial charge in [-0.3, -0.25) is 0 Å². The Kier molecular flexibility index (Phi) is 3.99. The van der Waals surface area contributed by atoms with Gasteiger partial charge in [0.2, 0.25) is 0 Å². The Morgan fingerprint density at radius 3 is 2.82 bits per heavy atom. The summed E-state index contributed by atoms with van der Waals surface area (Å²) in [5, 5.41) is 3.29. The third kappa shape index (κ3) is 2.60. The van der Waals surface area contributed by atoms with Gasteiger partial charge in [-0.05, 0) is 53.4 Å². The van der Waals surface area contributed by atoms with Gasteiger partial charge in [-0.1, -0.05) is 0 Å². The summed E-state index contributed by atoms with van der Waals surface area (Å²) < 4.78 is 32.5. The maximum absolute atomic E-state index is 14.0. The molecule has 1 N–H and O–H groups in total. The molecule has 0 radical (unpaired) electrons. The summed E-state index contributed by atoms with van der Waals surface area (Å²) in [4.78, 5) is 0. The second-order valence-corrected chi connectivity index (χ2v) is 5.03. The van der Waals surface area contributed by atoms with Crippen molar-refractivity contribution in [2.24, 2.45) is 0 Å². The van der Waals surface area contributed by atoms with Crippen LogP contribution in [-0.2, 0) is 6.42 Å². The first kappa shape index (κ1) is 12.8. The van der Waals surface area contributed by atoms with Crippen molar-refractivity contribution in [2.75, 3.05) is 13.7 Å². The summed E-state index contributed by atoms with van der Waals surface area (Å²) in [5.74, 6) is -1.59. The molecular weight excluding hydrogens is 292 g/mol. The predicted octanol–water partition coefficient (Wildman–Crippen LogP) is 3.03. The third-order valence-corrected chi connectivity index (χ3v) is 3.60. The SMILES string of the molecule is COc1c(F)c(Br)cc(CC2CCCN2)c1F. The maximum atomic E-state index is 14.0. The highest BCUT2D eigenvalue weighted by Crippen LogP contribution is 2.31. The quantitative estimate of drug-likeness (QED) is 0.867. The lowest BCUT2D eigenvalue weighted by Crippen LogP contribution is -2.24. The number of benzene rings is 1. The molecule has 17 heavy (non-hydrogen) atoms. The Labute approximate surface area is 107 Å². The highest BCUT2D eigenvalue weighted by atomic mass is 79.9. The highest BCUT2D eigenvalue weighted by Gasteiger charge is 2.22. The maximum Gasteiger partial charge on any atom is 0.191 e. The summed E-state index contributed by atoms with van der Waals surface area (Å²) in [6.07, 6.45) is 2.68. The number of rotatable bonds is 3. The summed E-state index contributed by atoms with van der Waals surface area (Å²) in [5.41, 5.74) is 0.481. The lowest BCUT2D eigenvalue weighted by Gasteiger charge is -2.14. The molecule has 2 rings (SSSR count). The molecular formula is C12H14BrF2NO. The van der Waals surface area contributed by atoms with Crippen LogP contribution in [0.5, 0.6) is 5.75 Å². The molecule has 0 saturated carbocycles. The van der Waals surface area contributed by atoms with Gasteiger partial charge in [-0.25, -0.2) is 8.78 Å². The van der Waals surface area contributed by atoms with Gasteiger partial charge in [0, 0.05) is 6.04 Å². The fourth-order valence-electron chi connectivity index (χ4n) is 2.15. The van der Waals surface area contributed by atoms with E-state index in [-0.39, 0.29) is 16.3 Å². The molecule has 94 valence electrons. The van der Waals surface area contributed by atoms with E-state index < -0.39 is 11.6 Å². The van der Waals surface area contributed by atoms with E-state index in [1.54, 1.807) is 0 Å². The van der Waals surface area contributed by atoms with E-state index >= 15 is 0 Å². The monoisotopic (exact) mass is 305 g/mol. The zero-order chi connectivity index (χ0) is 12.4. The molecule has 1 fully saturated rings. The van der Waals surface area contributed by atoms with E-state index in [2.05, 4.69) is 21.2 Å². The average Bonchev–Trinajstić information content (AvgIpc) is 2.79. The normalized spacial score (nSPS) is 19.6. The number of hydrogen-bond acceptors (Lipinski definition) is 2. The smallest absolute Gasteiger partial charge is 0.191 e. The molecule has 1 saturated heterocycles. The average molecular weight is 306 g/mol. The Morgan fingerprint density at radius 2 is 2.24 bits per heavy atom. The summed E-state index contributed by atoms with van der Waals surface area (Å²) >= 11 is 3.08. The van der Waals surface area contributed by atoms with Gasteiger partial charge in [0.25, 0.3) is 0 Å². The van der Waals surface area contributed by atoms with Crippen molar-refractivity contribution in [2.45, 2.75) is 25.3 Å². The fraction of sp³-hybridized carbons (Fsp3) is 0.500. The van der Waals surface area contributed by atoms with Crippen LogP contribution in [-0.4, -0.2) is 19.7 Å². The van der Waals surface area contributed by atoms with Crippen LogP contribution in [0, 0.1) is 11.6 Å². The first-order valence-electron chi connectivity index (χ1n) is 5.57. The van der Waals surface area contributed by atoms with E-state index in [0.29, 0.717) is 12.0 Å². The van der Waals surface area contributed by atoms with E-state index in [0.717, 1.165) is 19.4 Å². The van der Waals surface area contributed by atoms with Crippen LogP contribution in [0.1, 0.15) is 18.4 Å². The number of methoxy groups -OCH3 is 1. The molecule has 0 spiro atoms. The Balaban J connectivity index is 2.30. The highest BCUT2D eigenvalue weighted by molar-refractivity contribution is 9.10. The predicted molar refractivity (Wildman–Crippen MR) is 65.3 cm³/mol. The van der Waals surface area contributed by atoms with Crippen LogP contribution < -0.4 is 10.1 Å². The van der Waals surface area contributed by atoms with Gasteiger partial charge < -0.3 is 10.1 Å². The van der Waals surface area contributed by atoms with Crippen molar-refractivity contribution in [1.82, 2.24) is 5.32 Å². The molecule has 1 unspecified atom stereocenters. The van der Waals surface area contributed by atoms with Gasteiger partial charge in [-0.15, -0.1) is 0 Å². The van der Waals surface area contributed by atoms with E-state index in [1.165, 1.54) is 13.2 Å². The first-order chi connectivity index (χ1) is 8.13. The summed E-state index contributed by atoms with van der Waals surface area (Å²) in [6.45, 7) is 0.964. The Morgan fingerprint density at radius 1 is 1.47 bits per heavy atom. The second kappa shape index (κ2) is 5.31. The minimum Gasteiger partial charge on any atom is -0.491 e. The molecule has 2 nitrogen and oxygen atoms in total. The van der Waals surface area contributed by atoms with Crippen molar-refractivity contribution in [3.63, 3.8) is 0 Å². The molecule has 1 atom stereocenters. The zero-order valence-corrected chi connectivity index (χ0v) is 11.1. The lowest BCUT2D eigenvalue weighted by atomic mass is 10.0. The Bertz CT molecular complexity index is 419. The molecule has 1 heterocycles. The molecule has 1 aliphatic rings. The first-order valence-corrected chi connectivity index (χ1v) is 6.36. The lowest BCUT2D eigenvalue weighted by molar-refractivity contribution is 0.355. The van der Waals surface area contributed by atoms with Crippen molar-refractivity contribution in [1.29, 1.82) is 0 Å². The minimum atomic E-state index is -0.687. The second-order valence-electron chi connectivity index (χ2n) is 4.18.